The number of oxazole rings is 1. The molecule has 1 aromatic heterocycles. The number of hydrogen-bond acceptors (Lipinski definition) is 4. The molecule has 0 bridgehead atoms. The maximum atomic E-state index is 12.8. The molecule has 0 spiro atoms. The quantitative estimate of drug-likeness (QED) is 0.895. The Labute approximate surface area is 153 Å². The maximum Gasteiger partial charge on any atom is 0.317 e. The van der Waals surface area contributed by atoms with Crippen molar-refractivity contribution in [2.45, 2.75) is 27.2 Å². The molecule has 0 radical (unpaired) electrons. The lowest BCUT2D eigenvalue weighted by atomic mass is 9.97. The molecule has 1 N–H and O–H groups in total. The minimum absolute atomic E-state index is 0.0414. The predicted octanol–water partition coefficient (Wildman–Crippen LogP) is 2.73. The molecule has 1 aliphatic heterocycles. The van der Waals surface area contributed by atoms with Crippen LogP contribution in [-0.2, 0) is 0 Å². The number of aromatic nitrogens is 1. The number of rotatable bonds is 2. The SMILES string of the molecule is CC(C)(C)CNC(=O)N1CCCN(C(=O)c2ccc3ncoc3c2)CC1. The van der Waals surface area contributed by atoms with Gasteiger partial charge in [0.2, 0.25) is 0 Å². The number of amides is 3. The van der Waals surface area contributed by atoms with Crippen LogP contribution in [0.4, 0.5) is 4.79 Å². The fourth-order valence-electron chi connectivity index (χ4n) is 2.95. The number of carbonyl (C=O) groups excluding carboxylic acids is 2. The summed E-state index contributed by atoms with van der Waals surface area (Å²) in [7, 11) is 0. The van der Waals surface area contributed by atoms with Gasteiger partial charge < -0.3 is 19.5 Å². The maximum absolute atomic E-state index is 12.8. The van der Waals surface area contributed by atoms with E-state index in [1.807, 2.05) is 0 Å². The van der Waals surface area contributed by atoms with E-state index in [1.54, 1.807) is 28.0 Å². The van der Waals surface area contributed by atoms with Crippen molar-refractivity contribution in [1.29, 1.82) is 0 Å². The van der Waals surface area contributed by atoms with Crippen molar-refractivity contribution < 1.29 is 14.0 Å². The van der Waals surface area contributed by atoms with E-state index in [-0.39, 0.29) is 17.4 Å². The van der Waals surface area contributed by atoms with Gasteiger partial charge in [-0.1, -0.05) is 20.8 Å². The Morgan fingerprint density at radius 1 is 1.15 bits per heavy atom. The normalized spacial score (nSPS) is 15.8. The Morgan fingerprint density at radius 2 is 1.88 bits per heavy atom. The van der Waals surface area contributed by atoms with Gasteiger partial charge >= 0.3 is 6.03 Å². The van der Waals surface area contributed by atoms with Gasteiger partial charge in [-0.2, -0.15) is 0 Å². The number of nitrogens with one attached hydrogen (secondary N) is 1. The summed E-state index contributed by atoms with van der Waals surface area (Å²) in [5.41, 5.74) is 1.97. The lowest BCUT2D eigenvalue weighted by Crippen LogP contribution is -2.44. The highest BCUT2D eigenvalue weighted by molar-refractivity contribution is 5.97. The zero-order valence-electron chi connectivity index (χ0n) is 15.6. The number of urea groups is 1. The third-order valence-electron chi connectivity index (χ3n) is 4.42. The van der Waals surface area contributed by atoms with E-state index < -0.39 is 0 Å². The molecule has 7 nitrogen and oxygen atoms in total. The van der Waals surface area contributed by atoms with Crippen LogP contribution in [0.2, 0.25) is 0 Å². The van der Waals surface area contributed by atoms with Crippen LogP contribution in [0.1, 0.15) is 37.6 Å². The van der Waals surface area contributed by atoms with E-state index in [9.17, 15) is 9.59 Å². The predicted molar refractivity (Wildman–Crippen MR) is 99.0 cm³/mol. The van der Waals surface area contributed by atoms with Crippen LogP contribution >= 0.6 is 0 Å². The molecular weight excluding hydrogens is 332 g/mol. The summed E-state index contributed by atoms with van der Waals surface area (Å²) >= 11 is 0. The van der Waals surface area contributed by atoms with E-state index in [0.29, 0.717) is 43.9 Å². The molecule has 0 unspecified atom stereocenters. The van der Waals surface area contributed by atoms with E-state index in [4.69, 9.17) is 4.42 Å². The van der Waals surface area contributed by atoms with Crippen molar-refractivity contribution in [3.05, 3.63) is 30.2 Å². The largest absolute Gasteiger partial charge is 0.443 e. The highest BCUT2D eigenvalue weighted by atomic mass is 16.3. The first kappa shape index (κ1) is 18.2. The van der Waals surface area contributed by atoms with Crippen LogP contribution in [0, 0.1) is 5.41 Å². The Bertz CT molecular complexity index is 793. The molecule has 1 aromatic carbocycles. The van der Waals surface area contributed by atoms with Crippen LogP contribution in [0.3, 0.4) is 0 Å². The number of benzene rings is 1. The second-order valence-corrected chi connectivity index (χ2v) is 7.89. The summed E-state index contributed by atoms with van der Waals surface area (Å²) in [5, 5.41) is 2.98. The second-order valence-electron chi connectivity index (χ2n) is 7.89. The number of fused-ring (bicyclic) bond motifs is 1. The van der Waals surface area contributed by atoms with Crippen LogP contribution < -0.4 is 5.32 Å². The molecular formula is C19H26N4O3. The van der Waals surface area contributed by atoms with E-state index in [1.165, 1.54) is 6.39 Å². The summed E-state index contributed by atoms with van der Waals surface area (Å²) in [6, 6.07) is 5.23. The average molecular weight is 358 g/mol. The molecule has 7 heteroatoms. The Kier molecular flexibility index (Phi) is 5.15. The lowest BCUT2D eigenvalue weighted by molar-refractivity contribution is 0.0762. The van der Waals surface area contributed by atoms with Crippen LogP contribution in [0.5, 0.6) is 0 Å². The van der Waals surface area contributed by atoms with Crippen LogP contribution in [0.15, 0.2) is 29.0 Å². The fraction of sp³-hybridized carbons (Fsp3) is 0.526. The van der Waals surface area contributed by atoms with Gasteiger partial charge in [0.25, 0.3) is 5.91 Å². The van der Waals surface area contributed by atoms with Crippen molar-refractivity contribution in [3.8, 4) is 0 Å². The van der Waals surface area contributed by atoms with Crippen LogP contribution in [0.25, 0.3) is 11.1 Å². The van der Waals surface area contributed by atoms with Crippen molar-refractivity contribution >= 4 is 23.0 Å². The molecule has 2 aromatic rings. The average Bonchev–Trinajstić information content (AvgIpc) is 2.93. The van der Waals surface area contributed by atoms with Crippen molar-refractivity contribution in [3.63, 3.8) is 0 Å². The molecule has 140 valence electrons. The minimum Gasteiger partial charge on any atom is -0.443 e. The van der Waals surface area contributed by atoms with E-state index in [2.05, 4.69) is 31.1 Å². The summed E-state index contributed by atoms with van der Waals surface area (Å²) in [5.74, 6) is -0.0414. The molecule has 1 fully saturated rings. The first-order chi connectivity index (χ1) is 12.3. The molecule has 0 saturated carbocycles. The number of carbonyl (C=O) groups is 2. The summed E-state index contributed by atoms with van der Waals surface area (Å²) < 4.78 is 5.28. The van der Waals surface area contributed by atoms with Gasteiger partial charge in [0.05, 0.1) is 0 Å². The summed E-state index contributed by atoms with van der Waals surface area (Å²) in [6.07, 6.45) is 2.14. The molecule has 26 heavy (non-hydrogen) atoms. The third kappa shape index (κ3) is 4.33. The molecule has 2 heterocycles. The zero-order valence-corrected chi connectivity index (χ0v) is 15.6. The topological polar surface area (TPSA) is 78.7 Å². The molecule has 1 saturated heterocycles. The number of hydrogen-bond donors (Lipinski definition) is 1. The smallest absolute Gasteiger partial charge is 0.317 e. The minimum atomic E-state index is -0.0581. The summed E-state index contributed by atoms with van der Waals surface area (Å²) in [4.78, 5) is 32.8. The Hall–Kier alpha value is -2.57. The van der Waals surface area contributed by atoms with Gasteiger partial charge in [-0.3, -0.25) is 4.79 Å². The van der Waals surface area contributed by atoms with Gasteiger partial charge in [0, 0.05) is 38.3 Å². The summed E-state index contributed by atoms with van der Waals surface area (Å²) in [6.45, 7) is 9.23. The van der Waals surface area contributed by atoms with Gasteiger partial charge in [0.1, 0.15) is 5.52 Å². The lowest BCUT2D eigenvalue weighted by Gasteiger charge is -2.25. The van der Waals surface area contributed by atoms with Gasteiger partial charge in [-0.25, -0.2) is 9.78 Å². The number of nitrogens with zero attached hydrogens (tertiary/aromatic N) is 3. The Balaban J connectivity index is 1.60. The standard InChI is InChI=1S/C19H26N4O3/c1-19(2,3)12-20-18(25)23-8-4-7-22(9-10-23)17(24)14-5-6-15-16(11-14)26-13-21-15/h5-6,11,13H,4,7-10,12H2,1-3H3,(H,20,25). The van der Waals surface area contributed by atoms with Crippen molar-refractivity contribution in [2.75, 3.05) is 32.7 Å². The first-order valence-electron chi connectivity index (χ1n) is 8.99. The molecule has 0 aliphatic carbocycles. The van der Waals surface area contributed by atoms with Gasteiger partial charge in [0.15, 0.2) is 12.0 Å². The van der Waals surface area contributed by atoms with Crippen molar-refractivity contribution in [2.24, 2.45) is 5.41 Å². The molecule has 0 atom stereocenters. The third-order valence-corrected chi connectivity index (χ3v) is 4.42. The van der Waals surface area contributed by atoms with Crippen molar-refractivity contribution in [1.82, 2.24) is 20.1 Å². The fourth-order valence-corrected chi connectivity index (χ4v) is 2.95. The first-order valence-corrected chi connectivity index (χ1v) is 8.99. The van der Waals surface area contributed by atoms with E-state index >= 15 is 0 Å². The highest BCUT2D eigenvalue weighted by Crippen LogP contribution is 2.17. The van der Waals surface area contributed by atoms with Crippen LogP contribution in [-0.4, -0.2) is 59.4 Å². The van der Waals surface area contributed by atoms with E-state index in [0.717, 1.165) is 11.9 Å². The highest BCUT2D eigenvalue weighted by Gasteiger charge is 2.24. The van der Waals surface area contributed by atoms with Gasteiger partial charge in [-0.15, -0.1) is 0 Å². The molecule has 3 rings (SSSR count). The van der Waals surface area contributed by atoms with Gasteiger partial charge in [-0.05, 0) is 30.0 Å². The Morgan fingerprint density at radius 3 is 2.65 bits per heavy atom. The monoisotopic (exact) mass is 358 g/mol. The molecule has 1 aliphatic rings. The molecule has 3 amide bonds. The zero-order chi connectivity index (χ0) is 18.7. The second kappa shape index (κ2) is 7.35.